The van der Waals surface area contributed by atoms with E-state index in [4.69, 9.17) is 10.5 Å². The smallest absolute Gasteiger partial charge is 0.231 e. The zero-order chi connectivity index (χ0) is 14.1. The maximum Gasteiger partial charge on any atom is 0.231 e. The van der Waals surface area contributed by atoms with Crippen LogP contribution in [-0.4, -0.2) is 50.7 Å². The molecule has 20 heavy (non-hydrogen) atoms. The molecular formula is C15H21N3O2. The molecule has 3 rings (SSSR count). The minimum absolute atomic E-state index is 0.0144. The SMILES string of the molecule is CN1C(=O)Cc2cc(C(N)CN3CCOCC3)ccc21. The zero-order valence-corrected chi connectivity index (χ0v) is 11.8. The Balaban J connectivity index is 1.71. The zero-order valence-electron chi connectivity index (χ0n) is 11.8. The van der Waals surface area contributed by atoms with Crippen LogP contribution in [0.2, 0.25) is 0 Å². The van der Waals surface area contributed by atoms with Crippen molar-refractivity contribution >= 4 is 11.6 Å². The first-order chi connectivity index (χ1) is 9.65. The van der Waals surface area contributed by atoms with Crippen LogP contribution in [0.4, 0.5) is 5.69 Å². The second-order valence-electron chi connectivity index (χ2n) is 5.54. The van der Waals surface area contributed by atoms with Gasteiger partial charge in [0.15, 0.2) is 0 Å². The van der Waals surface area contributed by atoms with E-state index in [9.17, 15) is 4.79 Å². The van der Waals surface area contributed by atoms with Crippen LogP contribution >= 0.6 is 0 Å². The molecule has 1 fully saturated rings. The lowest BCUT2D eigenvalue weighted by Crippen LogP contribution is -2.40. The van der Waals surface area contributed by atoms with Gasteiger partial charge in [0, 0.05) is 38.4 Å². The van der Waals surface area contributed by atoms with Gasteiger partial charge in [0.25, 0.3) is 0 Å². The van der Waals surface area contributed by atoms with Gasteiger partial charge in [-0.25, -0.2) is 0 Å². The summed E-state index contributed by atoms with van der Waals surface area (Å²) in [4.78, 5) is 15.7. The third-order valence-electron chi connectivity index (χ3n) is 4.17. The molecule has 0 bridgehead atoms. The minimum Gasteiger partial charge on any atom is -0.379 e. The van der Waals surface area contributed by atoms with Crippen LogP contribution in [-0.2, 0) is 16.0 Å². The van der Waals surface area contributed by atoms with E-state index in [0.29, 0.717) is 6.42 Å². The predicted molar refractivity (Wildman–Crippen MR) is 77.7 cm³/mol. The average Bonchev–Trinajstić information content (AvgIpc) is 2.74. The summed E-state index contributed by atoms with van der Waals surface area (Å²) in [5.74, 6) is 0.152. The number of ether oxygens (including phenoxy) is 1. The number of amides is 1. The van der Waals surface area contributed by atoms with Crippen molar-refractivity contribution in [3.8, 4) is 0 Å². The predicted octanol–water partition coefficient (Wildman–Crippen LogP) is 0.538. The van der Waals surface area contributed by atoms with Crippen LogP contribution in [0.1, 0.15) is 17.2 Å². The summed E-state index contributed by atoms with van der Waals surface area (Å²) < 4.78 is 5.35. The van der Waals surface area contributed by atoms with Crippen molar-refractivity contribution < 1.29 is 9.53 Å². The van der Waals surface area contributed by atoms with E-state index in [2.05, 4.69) is 11.0 Å². The Labute approximate surface area is 119 Å². The Bertz CT molecular complexity index is 512. The van der Waals surface area contributed by atoms with Gasteiger partial charge >= 0.3 is 0 Å². The molecule has 0 aromatic heterocycles. The molecule has 0 radical (unpaired) electrons. The van der Waals surface area contributed by atoms with E-state index in [1.807, 2.05) is 19.2 Å². The topological polar surface area (TPSA) is 58.8 Å². The van der Waals surface area contributed by atoms with E-state index < -0.39 is 0 Å². The van der Waals surface area contributed by atoms with E-state index in [0.717, 1.165) is 49.7 Å². The molecule has 0 saturated carbocycles. The average molecular weight is 275 g/mol. The van der Waals surface area contributed by atoms with Gasteiger partial charge in [0.05, 0.1) is 19.6 Å². The Morgan fingerprint density at radius 1 is 1.35 bits per heavy atom. The lowest BCUT2D eigenvalue weighted by Gasteiger charge is -2.29. The number of fused-ring (bicyclic) bond motifs is 1. The number of hydrogen-bond donors (Lipinski definition) is 1. The molecule has 1 amide bonds. The number of likely N-dealkylation sites (N-methyl/N-ethyl adjacent to an activating group) is 1. The minimum atomic E-state index is -0.0144. The third kappa shape index (κ3) is 2.57. The molecule has 1 aromatic carbocycles. The largest absolute Gasteiger partial charge is 0.379 e. The normalized spacial score (nSPS) is 21.1. The molecule has 5 heteroatoms. The molecule has 1 saturated heterocycles. The summed E-state index contributed by atoms with van der Waals surface area (Å²) in [7, 11) is 1.82. The Kier molecular flexibility index (Phi) is 3.74. The second-order valence-corrected chi connectivity index (χ2v) is 5.54. The number of nitrogens with two attached hydrogens (primary N) is 1. The number of nitrogens with zero attached hydrogens (tertiary/aromatic N) is 2. The van der Waals surface area contributed by atoms with Gasteiger partial charge in [-0.1, -0.05) is 12.1 Å². The number of carbonyl (C=O) groups excluding carboxylic acids is 1. The summed E-state index contributed by atoms with van der Waals surface area (Å²) in [5.41, 5.74) is 9.52. The first kappa shape index (κ1) is 13.5. The van der Waals surface area contributed by atoms with Gasteiger partial charge in [-0.15, -0.1) is 0 Å². The Morgan fingerprint density at radius 2 is 2.10 bits per heavy atom. The van der Waals surface area contributed by atoms with Gasteiger partial charge in [0.1, 0.15) is 0 Å². The van der Waals surface area contributed by atoms with Crippen molar-refractivity contribution in [1.82, 2.24) is 4.90 Å². The van der Waals surface area contributed by atoms with Crippen LogP contribution in [0.3, 0.4) is 0 Å². The first-order valence-electron chi connectivity index (χ1n) is 7.10. The van der Waals surface area contributed by atoms with Gasteiger partial charge in [0.2, 0.25) is 5.91 Å². The number of benzene rings is 1. The molecule has 1 aromatic rings. The molecule has 0 aliphatic carbocycles. The third-order valence-corrected chi connectivity index (χ3v) is 4.17. The second kappa shape index (κ2) is 5.52. The van der Waals surface area contributed by atoms with Crippen molar-refractivity contribution in [3.05, 3.63) is 29.3 Å². The molecule has 0 spiro atoms. The molecule has 2 heterocycles. The van der Waals surface area contributed by atoms with Crippen molar-refractivity contribution in [2.24, 2.45) is 5.73 Å². The maximum atomic E-state index is 11.7. The number of anilines is 1. The lowest BCUT2D eigenvalue weighted by atomic mass is 10.0. The number of carbonyl (C=O) groups is 1. The highest BCUT2D eigenvalue weighted by Crippen LogP contribution is 2.29. The number of hydrogen-bond acceptors (Lipinski definition) is 4. The standard InChI is InChI=1S/C15H21N3O2/c1-17-14-3-2-11(8-12(14)9-15(17)19)13(16)10-18-4-6-20-7-5-18/h2-3,8,13H,4-7,9-10,16H2,1H3. The molecule has 2 N–H and O–H groups in total. The van der Waals surface area contributed by atoms with Crippen LogP contribution in [0.5, 0.6) is 0 Å². The fourth-order valence-electron chi connectivity index (χ4n) is 2.89. The van der Waals surface area contributed by atoms with Crippen molar-refractivity contribution in [2.75, 3.05) is 44.8 Å². The molecule has 5 nitrogen and oxygen atoms in total. The Hall–Kier alpha value is -1.43. The summed E-state index contributed by atoms with van der Waals surface area (Å²) in [6.45, 7) is 4.30. The quantitative estimate of drug-likeness (QED) is 0.874. The van der Waals surface area contributed by atoms with Crippen molar-refractivity contribution in [2.45, 2.75) is 12.5 Å². The van der Waals surface area contributed by atoms with Crippen LogP contribution < -0.4 is 10.6 Å². The van der Waals surface area contributed by atoms with Gasteiger partial charge < -0.3 is 15.4 Å². The molecule has 2 aliphatic heterocycles. The summed E-state index contributed by atoms with van der Waals surface area (Å²) in [6, 6.07) is 6.12. The van der Waals surface area contributed by atoms with Crippen molar-refractivity contribution in [1.29, 1.82) is 0 Å². The molecular weight excluding hydrogens is 254 g/mol. The first-order valence-corrected chi connectivity index (χ1v) is 7.10. The Morgan fingerprint density at radius 3 is 2.85 bits per heavy atom. The van der Waals surface area contributed by atoms with Crippen LogP contribution in [0.15, 0.2) is 18.2 Å². The highest BCUT2D eigenvalue weighted by molar-refractivity contribution is 6.00. The monoisotopic (exact) mass is 275 g/mol. The summed E-state index contributed by atoms with van der Waals surface area (Å²) in [6.07, 6.45) is 0.490. The molecule has 108 valence electrons. The van der Waals surface area contributed by atoms with E-state index >= 15 is 0 Å². The lowest BCUT2D eigenvalue weighted by molar-refractivity contribution is -0.117. The van der Waals surface area contributed by atoms with Crippen molar-refractivity contribution in [3.63, 3.8) is 0 Å². The fourth-order valence-corrected chi connectivity index (χ4v) is 2.89. The maximum absolute atomic E-state index is 11.7. The van der Waals surface area contributed by atoms with Gasteiger partial charge in [-0.2, -0.15) is 0 Å². The summed E-state index contributed by atoms with van der Waals surface area (Å²) in [5, 5.41) is 0. The van der Waals surface area contributed by atoms with Crippen LogP contribution in [0.25, 0.3) is 0 Å². The molecule has 1 atom stereocenters. The fraction of sp³-hybridized carbons (Fsp3) is 0.533. The van der Waals surface area contributed by atoms with Gasteiger partial charge in [-0.05, 0) is 17.2 Å². The highest BCUT2D eigenvalue weighted by Gasteiger charge is 2.25. The molecule has 2 aliphatic rings. The number of rotatable bonds is 3. The van der Waals surface area contributed by atoms with Gasteiger partial charge in [-0.3, -0.25) is 9.69 Å². The highest BCUT2D eigenvalue weighted by atomic mass is 16.5. The number of morpholine rings is 1. The molecule has 1 unspecified atom stereocenters. The van der Waals surface area contributed by atoms with E-state index in [1.165, 1.54) is 0 Å². The van der Waals surface area contributed by atoms with E-state index in [-0.39, 0.29) is 11.9 Å². The summed E-state index contributed by atoms with van der Waals surface area (Å²) >= 11 is 0. The van der Waals surface area contributed by atoms with E-state index in [1.54, 1.807) is 4.90 Å². The van der Waals surface area contributed by atoms with Crippen LogP contribution in [0, 0.1) is 0 Å².